The normalized spacial score (nSPS) is 11.2. The predicted molar refractivity (Wildman–Crippen MR) is 66.8 cm³/mol. The lowest BCUT2D eigenvalue weighted by Gasteiger charge is -2.23. The Labute approximate surface area is 96.4 Å². The van der Waals surface area contributed by atoms with Gasteiger partial charge in [-0.05, 0) is 12.1 Å². The van der Waals surface area contributed by atoms with E-state index in [1.54, 1.807) is 13.2 Å². The average molecular weight is 224 g/mol. The summed E-state index contributed by atoms with van der Waals surface area (Å²) in [5, 5.41) is 12.3. The lowest BCUT2D eigenvalue weighted by Crippen LogP contribution is -2.27. The van der Waals surface area contributed by atoms with Gasteiger partial charge in [0.2, 0.25) is 0 Å². The maximum absolute atomic E-state index is 9.13. The number of hydrogen-bond donors (Lipinski definition) is 3. The van der Waals surface area contributed by atoms with Gasteiger partial charge in [0.1, 0.15) is 5.75 Å². The van der Waals surface area contributed by atoms with Crippen LogP contribution in [0.3, 0.4) is 0 Å². The molecule has 0 aromatic heterocycles. The van der Waals surface area contributed by atoms with E-state index in [1.807, 2.05) is 26.0 Å². The number of methoxy groups -OCH3 is 1. The maximum Gasteiger partial charge on any atom is 0.121 e. The van der Waals surface area contributed by atoms with Gasteiger partial charge < -0.3 is 20.9 Å². The number of hydrogen-bond acceptors (Lipinski definition) is 4. The number of nitrogen functional groups attached to an aromatic ring is 1. The van der Waals surface area contributed by atoms with Gasteiger partial charge in [-0.2, -0.15) is 0 Å². The quantitative estimate of drug-likeness (QED) is 0.666. The molecule has 0 fully saturated rings. The van der Waals surface area contributed by atoms with Crippen molar-refractivity contribution >= 4 is 11.4 Å². The second kappa shape index (κ2) is 5.07. The van der Waals surface area contributed by atoms with E-state index in [0.717, 1.165) is 11.4 Å². The van der Waals surface area contributed by atoms with E-state index in [-0.39, 0.29) is 12.0 Å². The average Bonchev–Trinajstić information content (AvgIpc) is 2.27. The minimum absolute atomic E-state index is 0.135. The van der Waals surface area contributed by atoms with Crippen molar-refractivity contribution in [2.75, 3.05) is 31.3 Å². The molecule has 90 valence electrons. The Morgan fingerprint density at radius 2 is 2.12 bits per heavy atom. The zero-order chi connectivity index (χ0) is 12.2. The number of aliphatic hydroxyl groups is 1. The molecule has 1 aromatic rings. The Balaban J connectivity index is 2.68. The molecule has 0 atom stereocenters. The van der Waals surface area contributed by atoms with E-state index in [0.29, 0.717) is 12.2 Å². The fourth-order valence-corrected chi connectivity index (χ4v) is 1.22. The van der Waals surface area contributed by atoms with E-state index in [1.165, 1.54) is 0 Å². The van der Waals surface area contributed by atoms with Crippen molar-refractivity contribution in [3.8, 4) is 5.75 Å². The van der Waals surface area contributed by atoms with Crippen LogP contribution >= 0.6 is 0 Å². The highest BCUT2D eigenvalue weighted by atomic mass is 16.5. The Morgan fingerprint density at radius 3 is 2.62 bits per heavy atom. The number of nitrogens with two attached hydrogens (primary N) is 1. The number of aliphatic hydroxyl groups excluding tert-OH is 1. The van der Waals surface area contributed by atoms with Crippen molar-refractivity contribution in [1.82, 2.24) is 0 Å². The number of nitrogens with one attached hydrogen (secondary N) is 1. The molecular weight excluding hydrogens is 204 g/mol. The molecule has 1 aromatic carbocycles. The van der Waals surface area contributed by atoms with Gasteiger partial charge in [0.05, 0.1) is 18.5 Å². The molecule has 0 radical (unpaired) electrons. The zero-order valence-electron chi connectivity index (χ0n) is 10.1. The van der Waals surface area contributed by atoms with Crippen molar-refractivity contribution < 1.29 is 9.84 Å². The summed E-state index contributed by atoms with van der Waals surface area (Å²) in [6.07, 6.45) is 0. The summed E-state index contributed by atoms with van der Waals surface area (Å²) >= 11 is 0. The summed E-state index contributed by atoms with van der Waals surface area (Å²) in [6, 6.07) is 5.50. The SMILES string of the molecule is COc1ccc(NCC(C)(C)CO)c(N)c1. The molecule has 4 nitrogen and oxygen atoms in total. The molecule has 4 heteroatoms. The molecule has 0 bridgehead atoms. The molecule has 0 saturated heterocycles. The predicted octanol–water partition coefficient (Wildman–Crippen LogP) is 1.71. The van der Waals surface area contributed by atoms with Crippen molar-refractivity contribution in [3.05, 3.63) is 18.2 Å². The lowest BCUT2D eigenvalue weighted by molar-refractivity contribution is 0.171. The second-order valence-corrected chi connectivity index (χ2v) is 4.63. The zero-order valence-corrected chi connectivity index (χ0v) is 10.1. The Bertz CT molecular complexity index is 351. The minimum Gasteiger partial charge on any atom is -0.497 e. The first kappa shape index (κ1) is 12.6. The molecule has 1 rings (SSSR count). The van der Waals surface area contributed by atoms with E-state index < -0.39 is 0 Å². The molecule has 0 aliphatic carbocycles. The van der Waals surface area contributed by atoms with Crippen LogP contribution in [-0.4, -0.2) is 25.4 Å². The second-order valence-electron chi connectivity index (χ2n) is 4.63. The van der Waals surface area contributed by atoms with Gasteiger partial charge in [0.15, 0.2) is 0 Å². The standard InChI is InChI=1S/C12H20N2O2/c1-12(2,8-15)7-14-11-5-4-9(16-3)6-10(11)13/h4-6,14-15H,7-8,13H2,1-3H3. The van der Waals surface area contributed by atoms with Crippen molar-refractivity contribution in [3.63, 3.8) is 0 Å². The van der Waals surface area contributed by atoms with Gasteiger partial charge >= 0.3 is 0 Å². The summed E-state index contributed by atoms with van der Waals surface area (Å²) in [4.78, 5) is 0. The fraction of sp³-hybridized carbons (Fsp3) is 0.500. The highest BCUT2D eigenvalue weighted by Gasteiger charge is 2.16. The molecular formula is C12H20N2O2. The Kier molecular flexibility index (Phi) is 4.01. The van der Waals surface area contributed by atoms with Crippen LogP contribution in [0.2, 0.25) is 0 Å². The lowest BCUT2D eigenvalue weighted by atomic mass is 9.95. The molecule has 4 N–H and O–H groups in total. The van der Waals surface area contributed by atoms with Crippen molar-refractivity contribution in [1.29, 1.82) is 0 Å². The summed E-state index contributed by atoms with van der Waals surface area (Å²) in [5.41, 5.74) is 7.21. The Morgan fingerprint density at radius 1 is 1.44 bits per heavy atom. The molecule has 0 aliphatic heterocycles. The molecule has 0 unspecified atom stereocenters. The number of ether oxygens (including phenoxy) is 1. The molecule has 0 heterocycles. The van der Waals surface area contributed by atoms with Crippen LogP contribution in [0.1, 0.15) is 13.8 Å². The minimum atomic E-state index is -0.160. The molecule has 0 aliphatic rings. The third-order valence-electron chi connectivity index (χ3n) is 2.44. The van der Waals surface area contributed by atoms with Gasteiger partial charge in [0.25, 0.3) is 0 Å². The van der Waals surface area contributed by atoms with E-state index in [2.05, 4.69) is 5.32 Å². The number of rotatable bonds is 5. The number of benzene rings is 1. The van der Waals surface area contributed by atoms with Gasteiger partial charge in [-0.3, -0.25) is 0 Å². The van der Waals surface area contributed by atoms with Crippen LogP contribution in [0.15, 0.2) is 18.2 Å². The van der Waals surface area contributed by atoms with Crippen LogP contribution in [0.4, 0.5) is 11.4 Å². The van der Waals surface area contributed by atoms with Gasteiger partial charge in [-0.15, -0.1) is 0 Å². The largest absolute Gasteiger partial charge is 0.497 e. The van der Waals surface area contributed by atoms with Gasteiger partial charge in [-0.1, -0.05) is 13.8 Å². The number of anilines is 2. The van der Waals surface area contributed by atoms with E-state index in [4.69, 9.17) is 15.6 Å². The van der Waals surface area contributed by atoms with Crippen molar-refractivity contribution in [2.45, 2.75) is 13.8 Å². The topological polar surface area (TPSA) is 67.5 Å². The van der Waals surface area contributed by atoms with Gasteiger partial charge in [-0.25, -0.2) is 0 Å². The van der Waals surface area contributed by atoms with Crippen LogP contribution in [0.5, 0.6) is 5.75 Å². The molecule has 0 amide bonds. The third-order valence-corrected chi connectivity index (χ3v) is 2.44. The fourth-order valence-electron chi connectivity index (χ4n) is 1.22. The van der Waals surface area contributed by atoms with Crippen LogP contribution < -0.4 is 15.8 Å². The first-order valence-corrected chi connectivity index (χ1v) is 5.27. The third kappa shape index (κ3) is 3.31. The molecule has 0 spiro atoms. The summed E-state index contributed by atoms with van der Waals surface area (Å²) in [5.74, 6) is 0.740. The van der Waals surface area contributed by atoms with Gasteiger partial charge in [0, 0.05) is 24.6 Å². The smallest absolute Gasteiger partial charge is 0.121 e. The van der Waals surface area contributed by atoms with Crippen LogP contribution in [-0.2, 0) is 0 Å². The maximum atomic E-state index is 9.13. The first-order valence-electron chi connectivity index (χ1n) is 5.27. The van der Waals surface area contributed by atoms with E-state index >= 15 is 0 Å². The first-order chi connectivity index (χ1) is 7.48. The highest BCUT2D eigenvalue weighted by molar-refractivity contribution is 5.68. The van der Waals surface area contributed by atoms with Crippen LogP contribution in [0.25, 0.3) is 0 Å². The van der Waals surface area contributed by atoms with E-state index in [9.17, 15) is 0 Å². The summed E-state index contributed by atoms with van der Waals surface area (Å²) in [6.45, 7) is 4.77. The highest BCUT2D eigenvalue weighted by Crippen LogP contribution is 2.25. The monoisotopic (exact) mass is 224 g/mol. The Hall–Kier alpha value is -1.42. The van der Waals surface area contributed by atoms with Crippen LogP contribution in [0, 0.1) is 5.41 Å². The summed E-state index contributed by atoms with van der Waals surface area (Å²) in [7, 11) is 1.61. The molecule has 16 heavy (non-hydrogen) atoms. The molecule has 0 saturated carbocycles. The summed E-state index contributed by atoms with van der Waals surface area (Å²) < 4.78 is 5.07. The van der Waals surface area contributed by atoms with Crippen molar-refractivity contribution in [2.24, 2.45) is 5.41 Å².